The number of nitrogens with one attached hydrogen (secondary N) is 1. The van der Waals surface area contributed by atoms with Crippen molar-refractivity contribution in [2.24, 2.45) is 5.73 Å². The van der Waals surface area contributed by atoms with Gasteiger partial charge in [-0.15, -0.1) is 0 Å². The number of rotatable bonds is 4. The van der Waals surface area contributed by atoms with E-state index in [2.05, 4.69) is 5.32 Å². The first-order chi connectivity index (χ1) is 6.65. The number of ether oxygens (including phenoxy) is 1. The van der Waals surface area contributed by atoms with Crippen LogP contribution in [-0.4, -0.2) is 29.6 Å². The van der Waals surface area contributed by atoms with Crippen molar-refractivity contribution in [3.63, 3.8) is 0 Å². The van der Waals surface area contributed by atoms with Crippen molar-refractivity contribution in [1.29, 1.82) is 0 Å². The molecule has 3 N–H and O–H groups in total. The molecule has 1 aliphatic heterocycles. The molecule has 0 aromatic heterocycles. The zero-order valence-electron chi connectivity index (χ0n) is 8.29. The van der Waals surface area contributed by atoms with Crippen LogP contribution in [0.2, 0.25) is 0 Å². The van der Waals surface area contributed by atoms with Crippen LogP contribution in [0, 0.1) is 0 Å². The Morgan fingerprint density at radius 1 is 1.79 bits per heavy atom. The SMILES string of the molecule is CCC(NC(=O)C1CCCO1)C(N)=S. The molecule has 5 heteroatoms. The van der Waals surface area contributed by atoms with Crippen LogP contribution in [-0.2, 0) is 9.53 Å². The van der Waals surface area contributed by atoms with Crippen LogP contribution in [0.15, 0.2) is 0 Å². The molecule has 1 rings (SSSR count). The van der Waals surface area contributed by atoms with Crippen LogP contribution in [0.25, 0.3) is 0 Å². The lowest BCUT2D eigenvalue weighted by Crippen LogP contribution is -2.46. The Morgan fingerprint density at radius 2 is 2.50 bits per heavy atom. The third kappa shape index (κ3) is 2.92. The van der Waals surface area contributed by atoms with Crippen molar-refractivity contribution in [3.05, 3.63) is 0 Å². The van der Waals surface area contributed by atoms with E-state index in [1.165, 1.54) is 0 Å². The average Bonchev–Trinajstić information content (AvgIpc) is 2.65. The largest absolute Gasteiger partial charge is 0.392 e. The highest BCUT2D eigenvalue weighted by atomic mass is 32.1. The third-order valence-electron chi connectivity index (χ3n) is 2.29. The Bertz CT molecular complexity index is 227. The van der Waals surface area contributed by atoms with E-state index in [1.54, 1.807) is 0 Å². The van der Waals surface area contributed by atoms with Crippen LogP contribution in [0.5, 0.6) is 0 Å². The maximum absolute atomic E-state index is 11.6. The number of carbonyl (C=O) groups excluding carboxylic acids is 1. The molecule has 0 aromatic rings. The third-order valence-corrected chi connectivity index (χ3v) is 2.57. The summed E-state index contributed by atoms with van der Waals surface area (Å²) in [4.78, 5) is 11.9. The second-order valence-corrected chi connectivity index (χ2v) is 3.84. The fourth-order valence-corrected chi connectivity index (χ4v) is 1.65. The molecule has 0 aliphatic carbocycles. The lowest BCUT2D eigenvalue weighted by Gasteiger charge is -2.17. The van der Waals surface area contributed by atoms with Gasteiger partial charge in [-0.1, -0.05) is 19.1 Å². The molecule has 0 bridgehead atoms. The minimum absolute atomic E-state index is 0.0952. The van der Waals surface area contributed by atoms with Gasteiger partial charge in [0.25, 0.3) is 0 Å². The van der Waals surface area contributed by atoms with Crippen molar-refractivity contribution in [1.82, 2.24) is 5.32 Å². The van der Waals surface area contributed by atoms with E-state index in [4.69, 9.17) is 22.7 Å². The molecule has 80 valence electrons. The highest BCUT2D eigenvalue weighted by Crippen LogP contribution is 2.12. The molecule has 1 heterocycles. The summed E-state index contributed by atoms with van der Waals surface area (Å²) in [5.41, 5.74) is 5.47. The number of hydrogen-bond acceptors (Lipinski definition) is 3. The second kappa shape index (κ2) is 5.26. The zero-order chi connectivity index (χ0) is 10.6. The maximum atomic E-state index is 11.6. The van der Waals surface area contributed by atoms with E-state index in [0.717, 1.165) is 12.8 Å². The van der Waals surface area contributed by atoms with Gasteiger partial charge in [-0.3, -0.25) is 4.79 Å². The van der Waals surface area contributed by atoms with Crippen LogP contribution in [0.4, 0.5) is 0 Å². The van der Waals surface area contributed by atoms with Crippen molar-refractivity contribution < 1.29 is 9.53 Å². The van der Waals surface area contributed by atoms with Gasteiger partial charge >= 0.3 is 0 Å². The highest BCUT2D eigenvalue weighted by Gasteiger charge is 2.25. The summed E-state index contributed by atoms with van der Waals surface area (Å²) in [6.07, 6.45) is 2.15. The first-order valence-electron chi connectivity index (χ1n) is 4.86. The summed E-state index contributed by atoms with van der Waals surface area (Å²) in [5.74, 6) is -0.0952. The molecule has 14 heavy (non-hydrogen) atoms. The van der Waals surface area contributed by atoms with Gasteiger partial charge in [0.1, 0.15) is 6.10 Å². The van der Waals surface area contributed by atoms with Gasteiger partial charge in [0.05, 0.1) is 11.0 Å². The smallest absolute Gasteiger partial charge is 0.249 e. The van der Waals surface area contributed by atoms with Gasteiger partial charge in [-0.05, 0) is 19.3 Å². The second-order valence-electron chi connectivity index (χ2n) is 3.37. The molecule has 1 aliphatic rings. The molecule has 2 unspecified atom stereocenters. The van der Waals surface area contributed by atoms with Crippen LogP contribution in [0.1, 0.15) is 26.2 Å². The molecule has 4 nitrogen and oxygen atoms in total. The number of amides is 1. The standard InChI is InChI=1S/C9H16N2O2S/c1-2-6(8(10)14)11-9(12)7-4-3-5-13-7/h6-7H,2-5H2,1H3,(H2,10,14)(H,11,12). The van der Waals surface area contributed by atoms with E-state index in [9.17, 15) is 4.79 Å². The number of hydrogen-bond donors (Lipinski definition) is 2. The molecular formula is C9H16N2O2S. The summed E-state index contributed by atoms with van der Waals surface area (Å²) in [6, 6.07) is -0.207. The monoisotopic (exact) mass is 216 g/mol. The molecular weight excluding hydrogens is 200 g/mol. The van der Waals surface area contributed by atoms with E-state index in [0.29, 0.717) is 18.0 Å². The van der Waals surface area contributed by atoms with Crippen molar-refractivity contribution in [2.75, 3.05) is 6.61 Å². The van der Waals surface area contributed by atoms with Gasteiger partial charge in [-0.25, -0.2) is 0 Å². The molecule has 1 fully saturated rings. The average molecular weight is 216 g/mol. The van der Waals surface area contributed by atoms with E-state index >= 15 is 0 Å². The van der Waals surface area contributed by atoms with Crippen molar-refractivity contribution >= 4 is 23.1 Å². The summed E-state index contributed by atoms with van der Waals surface area (Å²) >= 11 is 4.83. The van der Waals surface area contributed by atoms with Gasteiger partial charge in [-0.2, -0.15) is 0 Å². The normalized spacial score (nSPS) is 23.1. The van der Waals surface area contributed by atoms with Crippen molar-refractivity contribution in [2.45, 2.75) is 38.3 Å². The quantitative estimate of drug-likeness (QED) is 0.665. The van der Waals surface area contributed by atoms with E-state index in [-0.39, 0.29) is 18.1 Å². The Morgan fingerprint density at radius 3 is 2.93 bits per heavy atom. The van der Waals surface area contributed by atoms with Crippen LogP contribution in [0.3, 0.4) is 0 Å². The summed E-state index contributed by atoms with van der Waals surface area (Å²) in [5, 5.41) is 2.78. The minimum atomic E-state index is -0.307. The molecule has 1 amide bonds. The highest BCUT2D eigenvalue weighted by molar-refractivity contribution is 7.80. The topological polar surface area (TPSA) is 64.3 Å². The number of thiocarbonyl (C=S) groups is 1. The fourth-order valence-electron chi connectivity index (χ4n) is 1.42. The lowest BCUT2D eigenvalue weighted by molar-refractivity contribution is -0.130. The first-order valence-corrected chi connectivity index (χ1v) is 5.27. The number of nitrogens with two attached hydrogens (primary N) is 1. The van der Waals surface area contributed by atoms with Gasteiger partial charge < -0.3 is 15.8 Å². The number of carbonyl (C=O) groups is 1. The molecule has 0 spiro atoms. The molecule has 0 saturated carbocycles. The van der Waals surface area contributed by atoms with Crippen LogP contribution < -0.4 is 11.1 Å². The summed E-state index contributed by atoms with van der Waals surface area (Å²) in [7, 11) is 0. The molecule has 2 atom stereocenters. The summed E-state index contributed by atoms with van der Waals surface area (Å²) in [6.45, 7) is 2.60. The Kier molecular flexibility index (Phi) is 4.28. The van der Waals surface area contributed by atoms with Crippen molar-refractivity contribution in [3.8, 4) is 0 Å². The Hall–Kier alpha value is -0.680. The molecule has 0 aromatic carbocycles. The van der Waals surface area contributed by atoms with Crippen LogP contribution >= 0.6 is 12.2 Å². The molecule has 0 radical (unpaired) electrons. The maximum Gasteiger partial charge on any atom is 0.249 e. The lowest BCUT2D eigenvalue weighted by atomic mass is 10.2. The predicted octanol–water partition coefficient (Wildman–Crippen LogP) is 0.346. The predicted molar refractivity (Wildman–Crippen MR) is 58.0 cm³/mol. The minimum Gasteiger partial charge on any atom is -0.392 e. The fraction of sp³-hybridized carbons (Fsp3) is 0.778. The van der Waals surface area contributed by atoms with Gasteiger partial charge in [0.15, 0.2) is 0 Å². The first kappa shape index (κ1) is 11.4. The molecule has 1 saturated heterocycles. The van der Waals surface area contributed by atoms with E-state index < -0.39 is 0 Å². The van der Waals surface area contributed by atoms with Gasteiger partial charge in [0.2, 0.25) is 5.91 Å². The van der Waals surface area contributed by atoms with Gasteiger partial charge in [0, 0.05) is 6.61 Å². The Balaban J connectivity index is 2.41. The zero-order valence-corrected chi connectivity index (χ0v) is 9.10. The Labute approximate surface area is 89.2 Å². The van der Waals surface area contributed by atoms with E-state index in [1.807, 2.05) is 6.92 Å². The summed E-state index contributed by atoms with van der Waals surface area (Å²) < 4.78 is 5.24.